The van der Waals surface area contributed by atoms with Crippen molar-refractivity contribution < 1.29 is 28.6 Å². The Morgan fingerprint density at radius 1 is 0.290 bits per heavy atom. The molecule has 0 bridgehead atoms. The van der Waals surface area contributed by atoms with Gasteiger partial charge in [0.2, 0.25) is 0 Å². The lowest BCUT2D eigenvalue weighted by Crippen LogP contribution is -2.30. The van der Waals surface area contributed by atoms with Crippen LogP contribution in [0, 0.1) is 0 Å². The van der Waals surface area contributed by atoms with E-state index in [2.05, 4.69) is 69.4 Å². The summed E-state index contributed by atoms with van der Waals surface area (Å²) in [5, 5.41) is 0. The van der Waals surface area contributed by atoms with Crippen molar-refractivity contribution in [2.45, 2.75) is 322 Å². The molecule has 0 saturated heterocycles. The minimum Gasteiger partial charge on any atom is -0.462 e. The topological polar surface area (TPSA) is 78.9 Å². The number of esters is 3. The smallest absolute Gasteiger partial charge is 0.306 e. The Hall–Kier alpha value is -2.63. The fraction of sp³-hybridized carbons (Fsp3) is 0.825. The largest absolute Gasteiger partial charge is 0.462 e. The Morgan fingerprint density at radius 3 is 0.870 bits per heavy atom. The molecule has 1 unspecified atom stereocenters. The Kier molecular flexibility index (Phi) is 55.7. The number of unbranched alkanes of at least 4 members (excludes halogenated alkanes) is 36. The summed E-state index contributed by atoms with van der Waals surface area (Å²) in [6.45, 7) is 6.63. The number of rotatable bonds is 55. The van der Waals surface area contributed by atoms with Crippen LogP contribution in [-0.4, -0.2) is 37.2 Å². The molecule has 1 atom stereocenters. The zero-order valence-electron chi connectivity index (χ0n) is 46.1. The molecule has 0 spiro atoms. The average molecular weight is 968 g/mol. The molecule has 6 heteroatoms. The van der Waals surface area contributed by atoms with Gasteiger partial charge in [-0.15, -0.1) is 0 Å². The van der Waals surface area contributed by atoms with Crippen LogP contribution in [0.2, 0.25) is 0 Å². The number of hydrogen-bond donors (Lipinski definition) is 0. The Bertz CT molecular complexity index is 1200. The molecule has 6 nitrogen and oxygen atoms in total. The van der Waals surface area contributed by atoms with Crippen LogP contribution in [0.4, 0.5) is 0 Å². The molecule has 0 aliphatic rings. The SMILES string of the molecule is CCCCCCCC/C=C\C/C=C\C/C=C\CCCC(=O)OC(COC(=O)CCCCCCC/C=C\CCCCCCCCCCC)COC(=O)CCCCCCCCCCCCCCCCCC. The second kappa shape index (κ2) is 57.9. The summed E-state index contributed by atoms with van der Waals surface area (Å²) < 4.78 is 16.8. The van der Waals surface area contributed by atoms with Gasteiger partial charge in [-0.05, 0) is 77.0 Å². The van der Waals surface area contributed by atoms with E-state index in [4.69, 9.17) is 14.2 Å². The zero-order chi connectivity index (χ0) is 50.0. The standard InChI is InChI=1S/C63H114O6/c1-4-7-10-13-16-19-22-25-28-31-33-35-38-41-44-47-50-53-56-62(65)68-59-60(58-67-61(64)55-52-49-46-43-40-37-34-30-27-24-21-18-15-12-9-6-3)69-63(66)57-54-51-48-45-42-39-36-32-29-26-23-20-17-14-11-8-5-2/h26,29,33,35-36,39,45,48,60H,4-25,27-28,30-32,34,37-38,40-44,46-47,49-59H2,1-3H3/b29-26-,35-33-,39-36-,48-45-. The summed E-state index contributed by atoms with van der Waals surface area (Å²) in [5.74, 6) is -0.937. The minimum atomic E-state index is -0.801. The maximum Gasteiger partial charge on any atom is 0.306 e. The highest BCUT2D eigenvalue weighted by atomic mass is 16.6. The van der Waals surface area contributed by atoms with E-state index in [1.165, 1.54) is 205 Å². The first-order valence-corrected chi connectivity index (χ1v) is 30.1. The first kappa shape index (κ1) is 66.4. The van der Waals surface area contributed by atoms with Gasteiger partial charge in [-0.1, -0.05) is 268 Å². The van der Waals surface area contributed by atoms with Crippen molar-refractivity contribution in [2.24, 2.45) is 0 Å². The van der Waals surface area contributed by atoms with Crippen molar-refractivity contribution in [1.82, 2.24) is 0 Å². The lowest BCUT2D eigenvalue weighted by atomic mass is 10.0. The van der Waals surface area contributed by atoms with Crippen LogP contribution >= 0.6 is 0 Å². The first-order chi connectivity index (χ1) is 34.0. The van der Waals surface area contributed by atoms with E-state index in [-0.39, 0.29) is 37.5 Å². The predicted octanol–water partition coefficient (Wildman–Crippen LogP) is 20.2. The fourth-order valence-corrected chi connectivity index (χ4v) is 8.75. The monoisotopic (exact) mass is 967 g/mol. The van der Waals surface area contributed by atoms with Crippen LogP contribution in [0.15, 0.2) is 48.6 Å². The molecule has 0 rings (SSSR count). The molecule has 0 aromatic heterocycles. The van der Waals surface area contributed by atoms with E-state index in [9.17, 15) is 14.4 Å². The van der Waals surface area contributed by atoms with Crippen molar-refractivity contribution in [3.63, 3.8) is 0 Å². The maximum atomic E-state index is 12.8. The van der Waals surface area contributed by atoms with E-state index < -0.39 is 6.10 Å². The summed E-state index contributed by atoms with van der Waals surface area (Å²) in [5.41, 5.74) is 0. The second-order valence-corrected chi connectivity index (χ2v) is 20.3. The van der Waals surface area contributed by atoms with E-state index in [1.54, 1.807) is 0 Å². The number of ether oxygens (including phenoxy) is 3. The fourth-order valence-electron chi connectivity index (χ4n) is 8.75. The molecule has 0 radical (unpaired) electrons. The van der Waals surface area contributed by atoms with Crippen molar-refractivity contribution in [2.75, 3.05) is 13.2 Å². The molecule has 69 heavy (non-hydrogen) atoms. The van der Waals surface area contributed by atoms with Gasteiger partial charge < -0.3 is 14.2 Å². The molecule has 0 saturated carbocycles. The van der Waals surface area contributed by atoms with Crippen molar-refractivity contribution in [3.05, 3.63) is 48.6 Å². The molecule has 0 aliphatic carbocycles. The number of hydrogen-bond acceptors (Lipinski definition) is 6. The molecule has 0 aliphatic heterocycles. The lowest BCUT2D eigenvalue weighted by molar-refractivity contribution is -0.167. The molecule has 0 fully saturated rings. The zero-order valence-corrected chi connectivity index (χ0v) is 46.1. The van der Waals surface area contributed by atoms with Gasteiger partial charge in [0, 0.05) is 19.3 Å². The van der Waals surface area contributed by atoms with Crippen molar-refractivity contribution in [3.8, 4) is 0 Å². The van der Waals surface area contributed by atoms with Gasteiger partial charge in [-0.2, -0.15) is 0 Å². The van der Waals surface area contributed by atoms with E-state index in [1.807, 2.05) is 0 Å². The van der Waals surface area contributed by atoms with Crippen molar-refractivity contribution >= 4 is 17.9 Å². The quantitative estimate of drug-likeness (QED) is 0.0262. The Balaban J connectivity index is 4.43. The highest BCUT2D eigenvalue weighted by Crippen LogP contribution is 2.16. The maximum absolute atomic E-state index is 12.8. The predicted molar refractivity (Wildman–Crippen MR) is 298 cm³/mol. The van der Waals surface area contributed by atoms with E-state index >= 15 is 0 Å². The molecule has 0 aromatic carbocycles. The van der Waals surface area contributed by atoms with E-state index in [0.29, 0.717) is 19.3 Å². The van der Waals surface area contributed by atoms with Crippen molar-refractivity contribution in [1.29, 1.82) is 0 Å². The molecule has 0 aromatic rings. The van der Waals surface area contributed by atoms with Gasteiger partial charge in [-0.3, -0.25) is 14.4 Å². The summed E-state index contributed by atoms with van der Waals surface area (Å²) in [4.78, 5) is 38.2. The first-order valence-electron chi connectivity index (χ1n) is 30.1. The third-order valence-corrected chi connectivity index (χ3v) is 13.3. The van der Waals surface area contributed by atoms with Gasteiger partial charge in [-0.25, -0.2) is 0 Å². The van der Waals surface area contributed by atoms with Crippen LogP contribution in [0.25, 0.3) is 0 Å². The highest BCUT2D eigenvalue weighted by Gasteiger charge is 2.19. The van der Waals surface area contributed by atoms with E-state index in [0.717, 1.165) is 64.2 Å². The number of carbonyl (C=O) groups excluding carboxylic acids is 3. The van der Waals surface area contributed by atoms with Gasteiger partial charge in [0.25, 0.3) is 0 Å². The van der Waals surface area contributed by atoms with Crippen LogP contribution in [-0.2, 0) is 28.6 Å². The summed E-state index contributed by atoms with van der Waals surface area (Å²) in [6, 6.07) is 0. The van der Waals surface area contributed by atoms with Gasteiger partial charge in [0.1, 0.15) is 13.2 Å². The summed E-state index contributed by atoms with van der Waals surface area (Å²) in [7, 11) is 0. The third kappa shape index (κ3) is 56.2. The average Bonchev–Trinajstić information content (AvgIpc) is 3.35. The summed E-state index contributed by atoms with van der Waals surface area (Å²) in [6.07, 6.45) is 71.1. The lowest BCUT2D eigenvalue weighted by Gasteiger charge is -2.18. The van der Waals surface area contributed by atoms with Gasteiger partial charge >= 0.3 is 17.9 Å². The number of carbonyl (C=O) groups is 3. The molecular formula is C63H114O6. The highest BCUT2D eigenvalue weighted by molar-refractivity contribution is 5.71. The van der Waals surface area contributed by atoms with Gasteiger partial charge in [0.05, 0.1) is 0 Å². The molecule has 0 N–H and O–H groups in total. The molecule has 402 valence electrons. The Labute approximate surface area is 428 Å². The Morgan fingerprint density at radius 2 is 0.536 bits per heavy atom. The second-order valence-electron chi connectivity index (χ2n) is 20.3. The van der Waals surface area contributed by atoms with Crippen LogP contribution < -0.4 is 0 Å². The molecule has 0 heterocycles. The minimum absolute atomic E-state index is 0.0924. The van der Waals surface area contributed by atoms with Crippen LogP contribution in [0.5, 0.6) is 0 Å². The normalized spacial score (nSPS) is 12.3. The summed E-state index contributed by atoms with van der Waals surface area (Å²) >= 11 is 0. The van der Waals surface area contributed by atoms with Gasteiger partial charge in [0.15, 0.2) is 6.10 Å². The third-order valence-electron chi connectivity index (χ3n) is 13.3. The van der Waals surface area contributed by atoms with Crippen LogP contribution in [0.3, 0.4) is 0 Å². The number of allylic oxidation sites excluding steroid dienone is 8. The molecule has 0 amide bonds. The van der Waals surface area contributed by atoms with Crippen LogP contribution in [0.1, 0.15) is 316 Å². The molecular weight excluding hydrogens is 853 g/mol.